The molecule has 22 heavy (non-hydrogen) atoms. The van der Waals surface area contributed by atoms with Crippen LogP contribution in [0.1, 0.15) is 20.9 Å². The zero-order valence-corrected chi connectivity index (χ0v) is 13.5. The van der Waals surface area contributed by atoms with Crippen LogP contribution in [0.15, 0.2) is 51.6 Å². The van der Waals surface area contributed by atoms with E-state index in [1.807, 2.05) is 18.2 Å². The first kappa shape index (κ1) is 14.8. The van der Waals surface area contributed by atoms with Crippen molar-refractivity contribution in [2.75, 3.05) is 26.2 Å². The van der Waals surface area contributed by atoms with Gasteiger partial charge in [-0.05, 0) is 40.2 Å². The summed E-state index contributed by atoms with van der Waals surface area (Å²) in [6, 6.07) is 12.5. The van der Waals surface area contributed by atoms with E-state index in [1.54, 1.807) is 34.1 Å². The van der Waals surface area contributed by atoms with Gasteiger partial charge >= 0.3 is 0 Å². The molecule has 5 nitrogen and oxygen atoms in total. The number of hydrogen-bond donors (Lipinski definition) is 0. The van der Waals surface area contributed by atoms with E-state index in [0.717, 1.165) is 0 Å². The standard InChI is InChI=1S/C16H15BrN2O3/c17-14-7-6-13(22-14)16(21)19-10-8-18(9-11-19)15(20)12-4-2-1-3-5-12/h1-7H,8-11H2. The summed E-state index contributed by atoms with van der Waals surface area (Å²) in [5, 5.41) is 0. The average Bonchev–Trinajstić information content (AvgIpc) is 3.01. The molecule has 114 valence electrons. The summed E-state index contributed by atoms with van der Waals surface area (Å²) in [6.45, 7) is 2.08. The first-order chi connectivity index (χ1) is 10.6. The Hall–Kier alpha value is -2.08. The molecule has 1 aromatic heterocycles. The van der Waals surface area contributed by atoms with E-state index in [1.165, 1.54) is 0 Å². The lowest BCUT2D eigenvalue weighted by Crippen LogP contribution is -2.50. The Morgan fingerprint density at radius 3 is 2.00 bits per heavy atom. The van der Waals surface area contributed by atoms with Gasteiger partial charge in [0, 0.05) is 31.7 Å². The van der Waals surface area contributed by atoms with Crippen molar-refractivity contribution in [2.24, 2.45) is 0 Å². The number of piperazine rings is 1. The predicted octanol–water partition coefficient (Wildman–Crippen LogP) is 2.64. The zero-order valence-electron chi connectivity index (χ0n) is 11.9. The molecule has 2 amide bonds. The van der Waals surface area contributed by atoms with Crippen LogP contribution in [-0.4, -0.2) is 47.8 Å². The van der Waals surface area contributed by atoms with Crippen molar-refractivity contribution in [1.82, 2.24) is 9.80 Å². The number of rotatable bonds is 2. The van der Waals surface area contributed by atoms with Crippen molar-refractivity contribution in [2.45, 2.75) is 0 Å². The summed E-state index contributed by atoms with van der Waals surface area (Å²) in [5.74, 6) is 0.181. The van der Waals surface area contributed by atoms with Crippen molar-refractivity contribution < 1.29 is 14.0 Å². The number of furan rings is 1. The normalized spacial score (nSPS) is 15.0. The lowest BCUT2D eigenvalue weighted by Gasteiger charge is -2.34. The van der Waals surface area contributed by atoms with E-state index in [2.05, 4.69) is 15.9 Å². The van der Waals surface area contributed by atoms with E-state index >= 15 is 0 Å². The summed E-state index contributed by atoms with van der Waals surface area (Å²) in [4.78, 5) is 28.1. The highest BCUT2D eigenvalue weighted by molar-refractivity contribution is 9.10. The van der Waals surface area contributed by atoms with Crippen molar-refractivity contribution in [3.8, 4) is 0 Å². The molecule has 1 saturated heterocycles. The van der Waals surface area contributed by atoms with Crippen LogP contribution in [-0.2, 0) is 0 Å². The number of halogens is 1. The summed E-state index contributed by atoms with van der Waals surface area (Å²) in [7, 11) is 0. The molecule has 1 fully saturated rings. The van der Waals surface area contributed by atoms with Gasteiger partial charge in [0.25, 0.3) is 11.8 Å². The van der Waals surface area contributed by atoms with Crippen LogP contribution in [0.4, 0.5) is 0 Å². The molecule has 0 bridgehead atoms. The number of carbonyl (C=O) groups excluding carboxylic acids is 2. The Balaban J connectivity index is 1.61. The summed E-state index contributed by atoms with van der Waals surface area (Å²) < 4.78 is 5.82. The molecule has 1 aliphatic heterocycles. The SMILES string of the molecule is O=C(c1ccccc1)N1CCN(C(=O)c2ccc(Br)o2)CC1. The molecule has 3 rings (SSSR count). The van der Waals surface area contributed by atoms with Crippen LogP contribution in [0.2, 0.25) is 0 Å². The maximum absolute atomic E-state index is 12.3. The average molecular weight is 363 g/mol. The number of nitrogens with zero attached hydrogens (tertiary/aromatic N) is 2. The maximum Gasteiger partial charge on any atom is 0.289 e. The fourth-order valence-corrected chi connectivity index (χ4v) is 2.77. The fraction of sp³-hybridized carbons (Fsp3) is 0.250. The minimum atomic E-state index is -0.141. The molecule has 0 unspecified atom stereocenters. The Kier molecular flexibility index (Phi) is 4.29. The van der Waals surface area contributed by atoms with Crippen molar-refractivity contribution in [3.05, 3.63) is 58.5 Å². The summed E-state index contributed by atoms with van der Waals surface area (Å²) in [6.07, 6.45) is 0. The molecule has 2 aromatic rings. The zero-order chi connectivity index (χ0) is 15.5. The molecular weight excluding hydrogens is 348 g/mol. The molecule has 0 N–H and O–H groups in total. The lowest BCUT2D eigenvalue weighted by molar-refractivity contribution is 0.0517. The first-order valence-electron chi connectivity index (χ1n) is 7.04. The third-order valence-corrected chi connectivity index (χ3v) is 4.09. The third-order valence-electron chi connectivity index (χ3n) is 3.66. The number of amides is 2. The Labute approximate surface area is 136 Å². The van der Waals surface area contributed by atoms with Crippen LogP contribution in [0.5, 0.6) is 0 Å². The van der Waals surface area contributed by atoms with E-state index in [9.17, 15) is 9.59 Å². The number of hydrogen-bond acceptors (Lipinski definition) is 3. The maximum atomic E-state index is 12.3. The van der Waals surface area contributed by atoms with E-state index in [-0.39, 0.29) is 11.8 Å². The summed E-state index contributed by atoms with van der Waals surface area (Å²) in [5.41, 5.74) is 0.678. The van der Waals surface area contributed by atoms with Crippen molar-refractivity contribution in [3.63, 3.8) is 0 Å². The quantitative estimate of drug-likeness (QED) is 0.824. The molecular formula is C16H15BrN2O3. The fourth-order valence-electron chi connectivity index (χ4n) is 2.46. The molecule has 0 saturated carbocycles. The van der Waals surface area contributed by atoms with Crippen LogP contribution >= 0.6 is 15.9 Å². The van der Waals surface area contributed by atoms with E-state index in [0.29, 0.717) is 42.2 Å². The van der Waals surface area contributed by atoms with Gasteiger partial charge in [-0.3, -0.25) is 9.59 Å². The lowest BCUT2D eigenvalue weighted by atomic mass is 10.2. The van der Waals surface area contributed by atoms with Gasteiger partial charge in [0.15, 0.2) is 10.4 Å². The minimum absolute atomic E-state index is 0.00782. The smallest absolute Gasteiger partial charge is 0.289 e. The molecule has 0 spiro atoms. The third kappa shape index (κ3) is 3.06. The number of benzene rings is 1. The van der Waals surface area contributed by atoms with Crippen LogP contribution in [0, 0.1) is 0 Å². The van der Waals surface area contributed by atoms with E-state index in [4.69, 9.17) is 4.42 Å². The van der Waals surface area contributed by atoms with Crippen LogP contribution in [0.25, 0.3) is 0 Å². The van der Waals surface area contributed by atoms with Gasteiger partial charge in [0.2, 0.25) is 0 Å². The largest absolute Gasteiger partial charge is 0.444 e. The van der Waals surface area contributed by atoms with Gasteiger partial charge in [0.1, 0.15) is 0 Å². The van der Waals surface area contributed by atoms with Gasteiger partial charge in [0.05, 0.1) is 0 Å². The second-order valence-corrected chi connectivity index (χ2v) is 5.84. The Bertz CT molecular complexity index is 676. The Morgan fingerprint density at radius 2 is 1.45 bits per heavy atom. The molecule has 0 aliphatic carbocycles. The van der Waals surface area contributed by atoms with Gasteiger partial charge in [-0.1, -0.05) is 18.2 Å². The Morgan fingerprint density at radius 1 is 0.864 bits per heavy atom. The monoisotopic (exact) mass is 362 g/mol. The molecule has 1 aliphatic rings. The second-order valence-electron chi connectivity index (χ2n) is 5.05. The topological polar surface area (TPSA) is 53.8 Å². The molecule has 6 heteroatoms. The predicted molar refractivity (Wildman–Crippen MR) is 84.7 cm³/mol. The molecule has 0 radical (unpaired) electrons. The summed E-state index contributed by atoms with van der Waals surface area (Å²) >= 11 is 3.19. The van der Waals surface area contributed by atoms with Crippen LogP contribution < -0.4 is 0 Å². The molecule has 2 heterocycles. The highest BCUT2D eigenvalue weighted by Crippen LogP contribution is 2.17. The number of carbonyl (C=O) groups is 2. The van der Waals surface area contributed by atoms with Crippen molar-refractivity contribution >= 4 is 27.7 Å². The van der Waals surface area contributed by atoms with Gasteiger partial charge in [-0.2, -0.15) is 0 Å². The molecule has 0 atom stereocenters. The van der Waals surface area contributed by atoms with Crippen LogP contribution in [0.3, 0.4) is 0 Å². The van der Waals surface area contributed by atoms with Gasteiger partial charge in [-0.25, -0.2) is 0 Å². The first-order valence-corrected chi connectivity index (χ1v) is 7.83. The van der Waals surface area contributed by atoms with Gasteiger partial charge in [-0.15, -0.1) is 0 Å². The molecule has 1 aromatic carbocycles. The van der Waals surface area contributed by atoms with E-state index < -0.39 is 0 Å². The highest BCUT2D eigenvalue weighted by Gasteiger charge is 2.26. The van der Waals surface area contributed by atoms with Gasteiger partial charge < -0.3 is 14.2 Å². The highest BCUT2D eigenvalue weighted by atomic mass is 79.9. The van der Waals surface area contributed by atoms with Crippen molar-refractivity contribution in [1.29, 1.82) is 0 Å². The second kappa shape index (κ2) is 6.36. The minimum Gasteiger partial charge on any atom is -0.444 e.